The molecule has 2 amide bonds. The number of methoxy groups -OCH3 is 1. The zero-order valence-corrected chi connectivity index (χ0v) is 17.0. The van der Waals surface area contributed by atoms with Crippen molar-refractivity contribution in [2.45, 2.75) is 13.0 Å². The smallest absolute Gasteiger partial charge is 0.252 e. The number of benzene rings is 2. The van der Waals surface area contributed by atoms with Crippen molar-refractivity contribution in [3.63, 3.8) is 0 Å². The van der Waals surface area contributed by atoms with Crippen LogP contribution in [-0.2, 0) is 4.79 Å². The molecule has 1 aliphatic rings. The topological polar surface area (TPSA) is 112 Å². The van der Waals surface area contributed by atoms with Crippen molar-refractivity contribution >= 4 is 28.3 Å². The molecule has 0 spiro atoms. The van der Waals surface area contributed by atoms with Gasteiger partial charge >= 0.3 is 0 Å². The van der Waals surface area contributed by atoms with Crippen molar-refractivity contribution in [1.29, 1.82) is 0 Å². The summed E-state index contributed by atoms with van der Waals surface area (Å²) in [5.41, 5.74) is 1.20. The Morgan fingerprint density at radius 1 is 1.13 bits per heavy atom. The quantitative estimate of drug-likeness (QED) is 0.623. The van der Waals surface area contributed by atoms with Crippen LogP contribution < -0.4 is 24.8 Å². The van der Waals surface area contributed by atoms with E-state index in [4.69, 9.17) is 14.2 Å². The first-order valence-corrected chi connectivity index (χ1v) is 9.84. The third-order valence-electron chi connectivity index (χ3n) is 4.35. The van der Waals surface area contributed by atoms with Crippen LogP contribution in [0.4, 0.5) is 5.13 Å². The summed E-state index contributed by atoms with van der Waals surface area (Å²) in [6, 6.07) is 11.4. The minimum Gasteiger partial charge on any atom is -0.497 e. The highest BCUT2D eigenvalue weighted by Gasteiger charge is 2.21. The van der Waals surface area contributed by atoms with E-state index in [1.165, 1.54) is 11.3 Å². The maximum Gasteiger partial charge on any atom is 0.252 e. The van der Waals surface area contributed by atoms with E-state index in [0.29, 0.717) is 33.0 Å². The molecule has 9 nitrogen and oxygen atoms in total. The zero-order chi connectivity index (χ0) is 21.1. The van der Waals surface area contributed by atoms with E-state index >= 15 is 0 Å². The molecule has 0 saturated carbocycles. The van der Waals surface area contributed by atoms with E-state index in [1.807, 2.05) is 24.3 Å². The molecule has 1 aliphatic heterocycles. The Labute approximate surface area is 176 Å². The molecule has 3 aromatic rings. The number of amides is 2. The van der Waals surface area contributed by atoms with Gasteiger partial charge in [-0.25, -0.2) is 0 Å². The van der Waals surface area contributed by atoms with Gasteiger partial charge in [0, 0.05) is 11.1 Å². The molecular formula is C20H18N4O5S. The van der Waals surface area contributed by atoms with Crippen LogP contribution >= 0.6 is 11.3 Å². The Morgan fingerprint density at radius 3 is 2.80 bits per heavy atom. The maximum atomic E-state index is 12.5. The molecular weight excluding hydrogens is 408 g/mol. The summed E-state index contributed by atoms with van der Waals surface area (Å²) in [4.78, 5) is 24.9. The van der Waals surface area contributed by atoms with Gasteiger partial charge in [0.2, 0.25) is 17.8 Å². The van der Waals surface area contributed by atoms with Gasteiger partial charge in [-0.15, -0.1) is 10.2 Å². The fourth-order valence-electron chi connectivity index (χ4n) is 2.74. The molecule has 0 aliphatic carbocycles. The lowest BCUT2D eigenvalue weighted by Crippen LogP contribution is -2.41. The molecule has 10 heteroatoms. The molecule has 1 aromatic heterocycles. The molecule has 154 valence electrons. The van der Waals surface area contributed by atoms with Gasteiger partial charge in [0.15, 0.2) is 11.5 Å². The minimum absolute atomic E-state index is 0.124. The first-order valence-electron chi connectivity index (χ1n) is 9.03. The highest BCUT2D eigenvalue weighted by Crippen LogP contribution is 2.32. The Morgan fingerprint density at radius 2 is 1.97 bits per heavy atom. The van der Waals surface area contributed by atoms with Crippen LogP contribution in [0.3, 0.4) is 0 Å². The van der Waals surface area contributed by atoms with Crippen LogP contribution in [0, 0.1) is 0 Å². The van der Waals surface area contributed by atoms with Crippen LogP contribution in [0.15, 0.2) is 42.5 Å². The number of rotatable bonds is 6. The summed E-state index contributed by atoms with van der Waals surface area (Å²) in [6.45, 7) is 1.71. The number of carbonyl (C=O) groups excluding carboxylic acids is 2. The predicted molar refractivity (Wildman–Crippen MR) is 110 cm³/mol. The van der Waals surface area contributed by atoms with Gasteiger partial charge in [0.1, 0.15) is 16.8 Å². The summed E-state index contributed by atoms with van der Waals surface area (Å²) in [5.74, 6) is 0.981. The number of fused-ring (bicyclic) bond motifs is 1. The lowest BCUT2D eigenvalue weighted by atomic mass is 10.1. The fourth-order valence-corrected chi connectivity index (χ4v) is 3.49. The molecule has 0 fully saturated rings. The monoisotopic (exact) mass is 426 g/mol. The largest absolute Gasteiger partial charge is 0.497 e. The van der Waals surface area contributed by atoms with Gasteiger partial charge in [-0.2, -0.15) is 0 Å². The molecule has 30 heavy (non-hydrogen) atoms. The van der Waals surface area contributed by atoms with Crippen LogP contribution in [0.25, 0.3) is 10.6 Å². The second kappa shape index (κ2) is 8.37. The van der Waals surface area contributed by atoms with Gasteiger partial charge in [-0.1, -0.05) is 23.5 Å². The van der Waals surface area contributed by atoms with Crippen LogP contribution in [0.5, 0.6) is 17.2 Å². The normalized spacial score (nSPS) is 12.9. The average molecular weight is 426 g/mol. The Hall–Kier alpha value is -3.66. The molecule has 1 unspecified atom stereocenters. The number of hydrogen-bond donors (Lipinski definition) is 2. The maximum absolute atomic E-state index is 12.5. The SMILES string of the molecule is COc1cccc(-c2nnc(NC(=O)C(C)NC(=O)c3ccc4c(c3)OCO4)s2)c1. The highest BCUT2D eigenvalue weighted by molar-refractivity contribution is 7.18. The van der Waals surface area contributed by atoms with Crippen molar-refractivity contribution in [2.75, 3.05) is 19.2 Å². The highest BCUT2D eigenvalue weighted by atomic mass is 32.1. The van der Waals surface area contributed by atoms with Crippen molar-refractivity contribution in [1.82, 2.24) is 15.5 Å². The number of ether oxygens (including phenoxy) is 3. The summed E-state index contributed by atoms with van der Waals surface area (Å²) < 4.78 is 15.7. The van der Waals surface area contributed by atoms with Crippen LogP contribution in [-0.4, -0.2) is 42.0 Å². The summed E-state index contributed by atoms with van der Waals surface area (Å²) in [6.07, 6.45) is 0. The van der Waals surface area contributed by atoms with Crippen LogP contribution in [0.1, 0.15) is 17.3 Å². The molecule has 4 rings (SSSR count). The predicted octanol–water partition coefficient (Wildman–Crippen LogP) is 2.70. The van der Waals surface area contributed by atoms with E-state index in [-0.39, 0.29) is 6.79 Å². The molecule has 0 bridgehead atoms. The average Bonchev–Trinajstić information content (AvgIpc) is 3.42. The Balaban J connectivity index is 1.38. The molecule has 0 radical (unpaired) electrons. The molecule has 2 aromatic carbocycles. The number of nitrogens with zero attached hydrogens (tertiary/aromatic N) is 2. The van der Waals surface area contributed by atoms with Crippen molar-refractivity contribution < 1.29 is 23.8 Å². The third kappa shape index (κ3) is 4.18. The van der Waals surface area contributed by atoms with Gasteiger partial charge in [0.25, 0.3) is 5.91 Å². The molecule has 0 saturated heterocycles. The molecule has 1 atom stereocenters. The summed E-state index contributed by atoms with van der Waals surface area (Å²) >= 11 is 1.23. The first kappa shape index (κ1) is 19.6. The summed E-state index contributed by atoms with van der Waals surface area (Å²) in [5, 5.41) is 14.4. The second-order valence-corrected chi connectivity index (χ2v) is 7.37. The lowest BCUT2D eigenvalue weighted by Gasteiger charge is -2.13. The Bertz CT molecular complexity index is 1100. The van der Waals surface area contributed by atoms with E-state index in [1.54, 1.807) is 32.2 Å². The molecule has 2 N–H and O–H groups in total. The molecule has 2 heterocycles. The van der Waals surface area contributed by atoms with Gasteiger partial charge in [0.05, 0.1) is 7.11 Å². The van der Waals surface area contributed by atoms with Gasteiger partial charge in [-0.05, 0) is 37.3 Å². The van der Waals surface area contributed by atoms with Crippen molar-refractivity contribution in [3.05, 3.63) is 48.0 Å². The zero-order valence-electron chi connectivity index (χ0n) is 16.2. The van der Waals surface area contributed by atoms with Gasteiger partial charge < -0.3 is 19.5 Å². The number of anilines is 1. The third-order valence-corrected chi connectivity index (χ3v) is 5.24. The lowest BCUT2D eigenvalue weighted by molar-refractivity contribution is -0.117. The van der Waals surface area contributed by atoms with E-state index in [9.17, 15) is 9.59 Å². The van der Waals surface area contributed by atoms with Crippen molar-refractivity contribution in [2.24, 2.45) is 0 Å². The van der Waals surface area contributed by atoms with Gasteiger partial charge in [-0.3, -0.25) is 14.9 Å². The number of carbonyl (C=O) groups is 2. The number of aromatic nitrogens is 2. The van der Waals surface area contributed by atoms with E-state index in [2.05, 4.69) is 20.8 Å². The Kier molecular flexibility index (Phi) is 5.48. The standard InChI is InChI=1S/C20H18N4O5S/c1-11(21-18(26)12-6-7-15-16(9-12)29-10-28-15)17(25)22-20-24-23-19(30-20)13-4-3-5-14(8-13)27-2/h3-9,11H,10H2,1-2H3,(H,21,26)(H,22,24,25). The number of hydrogen-bond acceptors (Lipinski definition) is 8. The first-order chi connectivity index (χ1) is 14.5. The fraction of sp³-hybridized carbons (Fsp3) is 0.200. The van der Waals surface area contributed by atoms with E-state index < -0.39 is 17.9 Å². The summed E-state index contributed by atoms with van der Waals surface area (Å²) in [7, 11) is 1.59. The van der Waals surface area contributed by atoms with Crippen LogP contribution in [0.2, 0.25) is 0 Å². The minimum atomic E-state index is -0.785. The van der Waals surface area contributed by atoms with Crippen molar-refractivity contribution in [3.8, 4) is 27.8 Å². The number of nitrogens with one attached hydrogen (secondary N) is 2. The second-order valence-electron chi connectivity index (χ2n) is 6.40. The van der Waals surface area contributed by atoms with E-state index in [0.717, 1.165) is 5.56 Å².